The van der Waals surface area contributed by atoms with Crippen LogP contribution in [0.3, 0.4) is 0 Å². The van der Waals surface area contributed by atoms with Crippen molar-refractivity contribution in [3.05, 3.63) is 45.8 Å². The molecule has 0 fully saturated rings. The Bertz CT molecular complexity index is 1130. The van der Waals surface area contributed by atoms with E-state index in [0.717, 1.165) is 20.3 Å². The Labute approximate surface area is 185 Å². The average molecular weight is 470 g/mol. The van der Waals surface area contributed by atoms with Crippen LogP contribution in [0.2, 0.25) is 5.02 Å². The second kappa shape index (κ2) is 8.09. The molecule has 0 aliphatic carbocycles. The fourth-order valence-corrected chi connectivity index (χ4v) is 6.31. The highest BCUT2D eigenvalue weighted by molar-refractivity contribution is 7.89. The molecule has 11 heteroatoms. The van der Waals surface area contributed by atoms with E-state index in [1.807, 2.05) is 38.1 Å². The van der Waals surface area contributed by atoms with E-state index in [1.165, 1.54) is 18.4 Å². The van der Waals surface area contributed by atoms with Gasteiger partial charge in [0, 0.05) is 17.5 Å². The number of hydrogen-bond donors (Lipinski definition) is 2. The summed E-state index contributed by atoms with van der Waals surface area (Å²) in [4.78, 5) is 5.92. The van der Waals surface area contributed by atoms with Crippen LogP contribution >= 0.6 is 22.9 Å². The molecule has 2 aromatic rings. The van der Waals surface area contributed by atoms with E-state index in [0.29, 0.717) is 15.8 Å². The fourth-order valence-electron chi connectivity index (χ4n) is 3.15. The number of thiophene rings is 1. The van der Waals surface area contributed by atoms with Crippen LogP contribution in [-0.2, 0) is 20.3 Å². The summed E-state index contributed by atoms with van der Waals surface area (Å²) in [6.45, 7) is 5.50. The molecule has 162 valence electrons. The number of hydrogen-bond acceptors (Lipinski definition) is 8. The topological polar surface area (TPSA) is 123 Å². The first-order chi connectivity index (χ1) is 14.0. The third-order valence-electron chi connectivity index (χ3n) is 4.60. The van der Waals surface area contributed by atoms with Gasteiger partial charge in [0.05, 0.1) is 21.8 Å². The fraction of sp³-hybridized carbons (Fsp3) is 0.368. The summed E-state index contributed by atoms with van der Waals surface area (Å²) in [6.07, 6.45) is -0.0756. The lowest BCUT2D eigenvalue weighted by atomic mass is 10.0. The standard InChI is InChI=1S/C19H24ClN5O3S2/c1-11(2)28-17(24-22)13-7-5-6-12(8-13)15-9-14(20)16(29-15)19(3)10-30(26,27)25(4)18(21)23-19/h5-9,11H,10,22H2,1-4H3,(H2,21,23)/b24-17-/t19-/m0/s1. The summed E-state index contributed by atoms with van der Waals surface area (Å²) in [5.41, 5.74) is 6.39. The molecule has 0 bridgehead atoms. The number of aliphatic imine (C=N–C) groups is 1. The number of sulfonamides is 1. The van der Waals surface area contributed by atoms with Crippen molar-refractivity contribution in [1.82, 2.24) is 4.31 Å². The molecule has 1 aliphatic heterocycles. The Morgan fingerprint density at radius 2 is 2.10 bits per heavy atom. The molecule has 0 unspecified atom stereocenters. The normalized spacial score (nSPS) is 21.6. The predicted octanol–water partition coefficient (Wildman–Crippen LogP) is 2.92. The van der Waals surface area contributed by atoms with Crippen LogP contribution in [0.5, 0.6) is 0 Å². The van der Waals surface area contributed by atoms with Crippen LogP contribution in [0.15, 0.2) is 40.4 Å². The third kappa shape index (κ3) is 4.26. The van der Waals surface area contributed by atoms with Gasteiger partial charge in [-0.05, 0) is 44.5 Å². The Balaban J connectivity index is 2.03. The molecule has 0 radical (unpaired) electrons. The number of ether oxygens (including phenoxy) is 1. The van der Waals surface area contributed by atoms with E-state index in [-0.39, 0.29) is 17.8 Å². The average Bonchev–Trinajstić information content (AvgIpc) is 3.06. The second-order valence-corrected chi connectivity index (χ2v) is 10.9. The van der Waals surface area contributed by atoms with Crippen molar-refractivity contribution in [3.63, 3.8) is 0 Å². The molecule has 0 saturated heterocycles. The van der Waals surface area contributed by atoms with Gasteiger partial charge in [-0.3, -0.25) is 0 Å². The van der Waals surface area contributed by atoms with E-state index < -0.39 is 15.6 Å². The summed E-state index contributed by atoms with van der Waals surface area (Å²) < 4.78 is 31.6. The minimum Gasteiger partial charge on any atom is -0.474 e. The highest BCUT2D eigenvalue weighted by atomic mass is 35.5. The van der Waals surface area contributed by atoms with Crippen LogP contribution in [0, 0.1) is 0 Å². The largest absolute Gasteiger partial charge is 0.474 e. The highest BCUT2D eigenvalue weighted by Gasteiger charge is 2.42. The van der Waals surface area contributed by atoms with E-state index >= 15 is 0 Å². The molecule has 30 heavy (non-hydrogen) atoms. The van der Waals surface area contributed by atoms with Gasteiger partial charge in [0.25, 0.3) is 0 Å². The number of benzene rings is 1. The summed E-state index contributed by atoms with van der Waals surface area (Å²) in [5.74, 6) is 5.54. The lowest BCUT2D eigenvalue weighted by molar-refractivity contribution is 0.228. The molecule has 3 rings (SSSR count). The van der Waals surface area contributed by atoms with Gasteiger partial charge in [0.15, 0.2) is 0 Å². The third-order valence-corrected chi connectivity index (χ3v) is 8.40. The predicted molar refractivity (Wildman–Crippen MR) is 122 cm³/mol. The van der Waals surface area contributed by atoms with Crippen LogP contribution < -0.4 is 11.6 Å². The van der Waals surface area contributed by atoms with E-state index in [4.69, 9.17) is 27.9 Å². The molecule has 0 spiro atoms. The van der Waals surface area contributed by atoms with Gasteiger partial charge in [-0.25, -0.2) is 17.7 Å². The Hall–Kier alpha value is -2.30. The van der Waals surface area contributed by atoms with Crippen molar-refractivity contribution >= 4 is 44.8 Å². The first-order valence-electron chi connectivity index (χ1n) is 9.14. The molecular weight excluding hydrogens is 446 g/mol. The first-order valence-corrected chi connectivity index (χ1v) is 11.9. The zero-order chi connectivity index (χ0) is 22.3. The minimum atomic E-state index is -3.59. The van der Waals surface area contributed by atoms with Crippen LogP contribution in [0.4, 0.5) is 0 Å². The Morgan fingerprint density at radius 1 is 1.40 bits per heavy atom. The van der Waals surface area contributed by atoms with Crippen molar-refractivity contribution < 1.29 is 13.2 Å². The number of nitrogens with zero attached hydrogens (tertiary/aromatic N) is 3. The van der Waals surface area contributed by atoms with Crippen LogP contribution in [-0.4, -0.2) is 43.5 Å². The van der Waals surface area contributed by atoms with E-state index in [1.54, 1.807) is 13.0 Å². The number of nitrogens with two attached hydrogens (primary N) is 2. The van der Waals surface area contributed by atoms with Crippen molar-refractivity contribution in [3.8, 4) is 10.4 Å². The molecule has 4 N–H and O–H groups in total. The maximum Gasteiger partial charge on any atom is 0.239 e. The minimum absolute atomic E-state index is 0.0635. The van der Waals surface area contributed by atoms with Gasteiger partial charge in [0.1, 0.15) is 5.54 Å². The zero-order valence-corrected chi connectivity index (χ0v) is 19.5. The summed E-state index contributed by atoms with van der Waals surface area (Å²) in [6, 6.07) is 9.33. The molecule has 8 nitrogen and oxygen atoms in total. The van der Waals surface area contributed by atoms with Crippen molar-refractivity contribution in [1.29, 1.82) is 0 Å². The molecule has 1 atom stereocenters. The van der Waals surface area contributed by atoms with Gasteiger partial charge in [-0.1, -0.05) is 23.7 Å². The maximum absolute atomic E-state index is 12.5. The van der Waals surface area contributed by atoms with Crippen LogP contribution in [0.1, 0.15) is 31.2 Å². The number of hydrazone groups is 1. The number of guanidine groups is 1. The number of halogens is 1. The lowest BCUT2D eigenvalue weighted by Crippen LogP contribution is -2.50. The van der Waals surface area contributed by atoms with Gasteiger partial charge in [-0.15, -0.1) is 16.4 Å². The summed E-state index contributed by atoms with van der Waals surface area (Å²) in [5, 5.41) is 4.18. The monoisotopic (exact) mass is 469 g/mol. The molecule has 2 heterocycles. The van der Waals surface area contributed by atoms with Crippen molar-refractivity contribution in [2.45, 2.75) is 32.4 Å². The van der Waals surface area contributed by atoms with Crippen molar-refractivity contribution in [2.24, 2.45) is 21.7 Å². The van der Waals surface area contributed by atoms with E-state index in [2.05, 4.69) is 10.1 Å². The van der Waals surface area contributed by atoms with Gasteiger partial charge >= 0.3 is 0 Å². The number of rotatable bonds is 4. The molecule has 1 aliphatic rings. The first kappa shape index (κ1) is 22.4. The van der Waals surface area contributed by atoms with Gasteiger partial charge < -0.3 is 16.3 Å². The SMILES string of the molecule is CC(C)O/C(=N\N)c1cccc(-c2cc(Cl)c([C@]3(C)CS(=O)(=O)N(C)C(N)=N3)s2)c1. The molecule has 1 aromatic carbocycles. The zero-order valence-electron chi connectivity index (χ0n) is 17.1. The smallest absolute Gasteiger partial charge is 0.239 e. The molecule has 0 amide bonds. The Kier molecular flexibility index (Phi) is 6.03. The maximum atomic E-state index is 12.5. The van der Waals surface area contributed by atoms with E-state index in [9.17, 15) is 8.42 Å². The molecule has 0 saturated carbocycles. The van der Waals surface area contributed by atoms with Gasteiger partial charge in [0.2, 0.25) is 21.9 Å². The summed E-state index contributed by atoms with van der Waals surface area (Å²) in [7, 11) is -2.21. The highest BCUT2D eigenvalue weighted by Crippen LogP contribution is 2.44. The molecule has 1 aromatic heterocycles. The second-order valence-electron chi connectivity index (χ2n) is 7.44. The summed E-state index contributed by atoms with van der Waals surface area (Å²) >= 11 is 7.89. The Morgan fingerprint density at radius 3 is 2.70 bits per heavy atom. The van der Waals surface area contributed by atoms with Gasteiger partial charge in [-0.2, -0.15) is 0 Å². The quantitative estimate of drug-likeness (QED) is 0.308. The molecular formula is C19H24ClN5O3S2. The van der Waals surface area contributed by atoms with Crippen LogP contribution in [0.25, 0.3) is 10.4 Å². The van der Waals surface area contributed by atoms with Crippen molar-refractivity contribution in [2.75, 3.05) is 12.8 Å². The lowest BCUT2D eigenvalue weighted by Gasteiger charge is -2.33.